The Kier molecular flexibility index (Phi) is 8.62. The van der Waals surface area contributed by atoms with Crippen molar-refractivity contribution in [3.05, 3.63) is 47.2 Å². The molecule has 22 heavy (non-hydrogen) atoms. The lowest BCUT2D eigenvalue weighted by Gasteiger charge is -2.03. The number of hydrogen-bond donors (Lipinski definition) is 2. The highest BCUT2D eigenvalue weighted by molar-refractivity contribution is 5.93. The van der Waals surface area contributed by atoms with E-state index >= 15 is 0 Å². The van der Waals surface area contributed by atoms with Crippen LogP contribution in [0.1, 0.15) is 27.8 Å². The van der Waals surface area contributed by atoms with Crippen LogP contribution < -0.4 is 11.1 Å². The number of carbonyl (C=O) groups excluding carboxylic acids is 1. The summed E-state index contributed by atoms with van der Waals surface area (Å²) in [5, 5.41) is 2.56. The van der Waals surface area contributed by atoms with Gasteiger partial charge < -0.3 is 15.5 Å². The molecule has 9 heteroatoms. The first-order chi connectivity index (χ1) is 9.61. The van der Waals surface area contributed by atoms with Crippen LogP contribution in [0.2, 0.25) is 0 Å². The average Bonchev–Trinajstić information content (AvgIpc) is 2.79. The van der Waals surface area contributed by atoms with Gasteiger partial charge in [0.1, 0.15) is 11.6 Å². The summed E-state index contributed by atoms with van der Waals surface area (Å²) in [4.78, 5) is 19.9. The van der Waals surface area contributed by atoms with Gasteiger partial charge in [0.2, 0.25) is 0 Å². The fourth-order valence-electron chi connectivity index (χ4n) is 1.69. The third-order valence-electron chi connectivity index (χ3n) is 2.67. The molecule has 2 heterocycles. The van der Waals surface area contributed by atoms with Crippen LogP contribution in [0.3, 0.4) is 0 Å². The molecule has 0 aliphatic rings. The number of amides is 1. The van der Waals surface area contributed by atoms with Gasteiger partial charge in [0.15, 0.2) is 11.6 Å². The van der Waals surface area contributed by atoms with E-state index in [1.165, 1.54) is 18.3 Å². The first-order valence-electron chi connectivity index (χ1n) is 6.15. The zero-order valence-corrected chi connectivity index (χ0v) is 13.5. The second-order valence-corrected chi connectivity index (χ2v) is 4.17. The molecule has 0 saturated carbocycles. The molecule has 122 valence electrons. The Morgan fingerprint density at radius 2 is 2.18 bits per heavy atom. The van der Waals surface area contributed by atoms with Crippen molar-refractivity contribution in [1.29, 1.82) is 0 Å². The highest BCUT2D eigenvalue weighted by atomic mass is 35.5. The zero-order valence-electron chi connectivity index (χ0n) is 11.8. The molecule has 1 amide bonds. The summed E-state index contributed by atoms with van der Waals surface area (Å²) in [5.41, 5.74) is 5.75. The molecule has 0 fully saturated rings. The smallest absolute Gasteiger partial charge is 0.273 e. The van der Waals surface area contributed by atoms with Crippen molar-refractivity contribution >= 4 is 30.7 Å². The lowest BCUT2D eigenvalue weighted by Crippen LogP contribution is -2.25. The Labute approximate surface area is 139 Å². The third-order valence-corrected chi connectivity index (χ3v) is 2.67. The lowest BCUT2D eigenvalue weighted by atomic mass is 10.3. The van der Waals surface area contributed by atoms with Crippen LogP contribution >= 0.6 is 24.8 Å². The van der Waals surface area contributed by atoms with E-state index in [0.717, 1.165) is 0 Å². The molecule has 0 saturated heterocycles. The third kappa shape index (κ3) is 4.94. The summed E-state index contributed by atoms with van der Waals surface area (Å²) < 4.78 is 18.7. The second-order valence-electron chi connectivity index (χ2n) is 4.17. The molecule has 6 nitrogen and oxygen atoms in total. The van der Waals surface area contributed by atoms with Crippen molar-refractivity contribution in [2.75, 3.05) is 6.54 Å². The number of hydrogen-bond acceptors (Lipinski definition) is 5. The molecular weight excluding hydrogens is 334 g/mol. The van der Waals surface area contributed by atoms with Crippen LogP contribution in [0.25, 0.3) is 0 Å². The minimum Gasteiger partial charge on any atom is -0.445 e. The fourth-order valence-corrected chi connectivity index (χ4v) is 1.69. The summed E-state index contributed by atoms with van der Waals surface area (Å²) in [6.07, 6.45) is 1.92. The van der Waals surface area contributed by atoms with Crippen LogP contribution in [-0.2, 0) is 13.0 Å². The van der Waals surface area contributed by atoms with Gasteiger partial charge in [-0.15, -0.1) is 24.8 Å². The number of nitrogens with one attached hydrogen (secondary N) is 1. The Morgan fingerprint density at radius 1 is 1.45 bits per heavy atom. The van der Waals surface area contributed by atoms with E-state index in [1.54, 1.807) is 6.92 Å². The van der Waals surface area contributed by atoms with Gasteiger partial charge in [-0.2, -0.15) is 0 Å². The van der Waals surface area contributed by atoms with Gasteiger partial charge in [-0.05, 0) is 19.1 Å². The van der Waals surface area contributed by atoms with Crippen LogP contribution in [-0.4, -0.2) is 22.4 Å². The number of carbonyl (C=O) groups is 1. The number of oxazole rings is 1. The minimum atomic E-state index is -0.464. The van der Waals surface area contributed by atoms with E-state index in [2.05, 4.69) is 15.3 Å². The molecule has 0 radical (unpaired) electrons. The van der Waals surface area contributed by atoms with E-state index in [9.17, 15) is 9.18 Å². The van der Waals surface area contributed by atoms with Crippen LogP contribution in [0.4, 0.5) is 4.39 Å². The van der Waals surface area contributed by atoms with Crippen molar-refractivity contribution in [2.45, 2.75) is 19.9 Å². The Balaban J connectivity index is 0.00000220. The maximum absolute atomic E-state index is 13.4. The summed E-state index contributed by atoms with van der Waals surface area (Å²) in [5.74, 6) is -0.0697. The monoisotopic (exact) mass is 350 g/mol. The number of halogens is 3. The van der Waals surface area contributed by atoms with Gasteiger partial charge in [-0.3, -0.25) is 9.78 Å². The van der Waals surface area contributed by atoms with Gasteiger partial charge in [-0.1, -0.05) is 0 Å². The lowest BCUT2D eigenvalue weighted by molar-refractivity contribution is 0.0944. The van der Waals surface area contributed by atoms with Gasteiger partial charge in [0.25, 0.3) is 5.91 Å². The highest BCUT2D eigenvalue weighted by Gasteiger charge is 2.17. The number of nitrogens with two attached hydrogens (primary N) is 1. The quantitative estimate of drug-likeness (QED) is 0.857. The Bertz CT molecular complexity index is 622. The summed E-state index contributed by atoms with van der Waals surface area (Å²) in [6.45, 7) is 2.02. The van der Waals surface area contributed by atoms with Crippen molar-refractivity contribution in [3.8, 4) is 0 Å². The first-order valence-corrected chi connectivity index (χ1v) is 6.15. The van der Waals surface area contributed by atoms with E-state index < -0.39 is 11.7 Å². The number of pyridine rings is 1. The molecular formula is C13H17Cl2FN4O2. The van der Waals surface area contributed by atoms with Crippen molar-refractivity contribution in [3.63, 3.8) is 0 Å². The van der Waals surface area contributed by atoms with Crippen molar-refractivity contribution in [2.24, 2.45) is 5.73 Å². The number of aryl methyl sites for hydroxylation is 1. The topological polar surface area (TPSA) is 94.0 Å². The van der Waals surface area contributed by atoms with E-state index in [0.29, 0.717) is 24.6 Å². The van der Waals surface area contributed by atoms with Crippen LogP contribution in [0.5, 0.6) is 0 Å². The fraction of sp³-hybridized carbons (Fsp3) is 0.308. The molecule has 2 aromatic heterocycles. The summed E-state index contributed by atoms with van der Waals surface area (Å²) >= 11 is 0. The predicted molar refractivity (Wildman–Crippen MR) is 83.9 cm³/mol. The minimum absolute atomic E-state index is 0. The maximum Gasteiger partial charge on any atom is 0.273 e. The zero-order chi connectivity index (χ0) is 14.5. The van der Waals surface area contributed by atoms with Gasteiger partial charge in [0, 0.05) is 19.2 Å². The SMILES string of the molecule is Cc1oc(CCN)nc1C(=O)NCc1ncccc1F.Cl.Cl. The number of nitrogens with zero attached hydrogens (tertiary/aromatic N) is 2. The molecule has 0 aliphatic carbocycles. The van der Waals surface area contributed by atoms with Crippen LogP contribution in [0, 0.1) is 12.7 Å². The number of rotatable bonds is 5. The van der Waals surface area contributed by atoms with E-state index in [-0.39, 0.29) is 42.7 Å². The molecule has 0 spiro atoms. The standard InChI is InChI=1S/C13H15FN4O2.2ClH/c1-8-12(18-11(20-8)4-5-15)13(19)17-7-10-9(14)3-2-6-16-10;;/h2-3,6H,4-5,7,15H2,1H3,(H,17,19);2*1H. The molecule has 3 N–H and O–H groups in total. The van der Waals surface area contributed by atoms with E-state index in [4.69, 9.17) is 10.2 Å². The molecule has 0 aliphatic heterocycles. The molecule has 2 aromatic rings. The Morgan fingerprint density at radius 3 is 2.82 bits per heavy atom. The molecule has 2 rings (SSSR count). The second kappa shape index (κ2) is 9.34. The predicted octanol–water partition coefficient (Wildman–Crippen LogP) is 1.79. The molecule has 0 unspecified atom stereocenters. The van der Waals surface area contributed by atoms with Crippen molar-refractivity contribution in [1.82, 2.24) is 15.3 Å². The van der Waals surface area contributed by atoms with Crippen molar-refractivity contribution < 1.29 is 13.6 Å². The average molecular weight is 351 g/mol. The highest BCUT2D eigenvalue weighted by Crippen LogP contribution is 2.10. The van der Waals surface area contributed by atoms with Gasteiger partial charge in [-0.25, -0.2) is 9.37 Å². The summed E-state index contributed by atoms with van der Waals surface area (Å²) in [6, 6.07) is 2.77. The molecule has 0 atom stereocenters. The normalized spacial score (nSPS) is 9.59. The van der Waals surface area contributed by atoms with Gasteiger partial charge >= 0.3 is 0 Å². The number of aromatic nitrogens is 2. The van der Waals surface area contributed by atoms with Gasteiger partial charge in [0.05, 0.1) is 12.2 Å². The molecule has 0 aromatic carbocycles. The first kappa shape index (κ1) is 20.3. The molecule has 0 bridgehead atoms. The summed E-state index contributed by atoms with van der Waals surface area (Å²) in [7, 11) is 0. The Hall–Kier alpha value is -1.70. The van der Waals surface area contributed by atoms with Crippen LogP contribution in [0.15, 0.2) is 22.7 Å². The largest absolute Gasteiger partial charge is 0.445 e. The van der Waals surface area contributed by atoms with E-state index in [1.807, 2.05) is 0 Å². The maximum atomic E-state index is 13.4.